The standard InChI is InChI=1S/C29H35ClF3N7O2/c1-14(2)39(12-17-8-23(26(42)25(17)41)40-4-3-18-27(34)35-13-36-28(18)40)11-16-5-15(6-16)7-24-37-21-9-19(29(31,32)33)20(30)10-22(21)38-24/h3-4,9-10,13-17,23,25-26,41-42H,5-8,11-12H2,1-2H3,(H,37,38)(H2,34,35,36)/t15?,16?,17-,23-,25?,26+/m1/s1. The van der Waals surface area contributed by atoms with Crippen molar-refractivity contribution in [2.75, 3.05) is 18.8 Å². The highest BCUT2D eigenvalue weighted by Crippen LogP contribution is 2.41. The molecule has 4 atom stereocenters. The third kappa shape index (κ3) is 5.45. The number of imidazole rings is 1. The largest absolute Gasteiger partial charge is 0.417 e. The van der Waals surface area contributed by atoms with Gasteiger partial charge in [0, 0.05) is 37.7 Å². The van der Waals surface area contributed by atoms with Gasteiger partial charge in [-0.2, -0.15) is 13.2 Å². The van der Waals surface area contributed by atoms with E-state index in [2.05, 4.69) is 38.7 Å². The number of aromatic nitrogens is 5. The van der Waals surface area contributed by atoms with Crippen molar-refractivity contribution in [1.29, 1.82) is 0 Å². The highest BCUT2D eigenvalue weighted by molar-refractivity contribution is 6.32. The summed E-state index contributed by atoms with van der Waals surface area (Å²) in [6, 6.07) is 4.08. The molecule has 0 spiro atoms. The second kappa shape index (κ2) is 11.0. The number of nitrogens with zero attached hydrogens (tertiary/aromatic N) is 5. The van der Waals surface area contributed by atoms with Crippen molar-refractivity contribution >= 4 is 39.5 Å². The lowest BCUT2D eigenvalue weighted by Gasteiger charge is -2.40. The van der Waals surface area contributed by atoms with Crippen molar-refractivity contribution in [2.24, 2.45) is 17.8 Å². The summed E-state index contributed by atoms with van der Waals surface area (Å²) in [4.78, 5) is 18.3. The van der Waals surface area contributed by atoms with Gasteiger partial charge in [-0.3, -0.25) is 0 Å². The van der Waals surface area contributed by atoms with Crippen molar-refractivity contribution in [3.63, 3.8) is 0 Å². The molecule has 6 rings (SSSR count). The van der Waals surface area contributed by atoms with Crippen LogP contribution < -0.4 is 5.73 Å². The van der Waals surface area contributed by atoms with Crippen molar-refractivity contribution in [2.45, 2.75) is 70.0 Å². The molecule has 5 N–H and O–H groups in total. The quantitative estimate of drug-likeness (QED) is 0.227. The van der Waals surface area contributed by atoms with E-state index in [9.17, 15) is 23.4 Å². The van der Waals surface area contributed by atoms with Gasteiger partial charge in [0.05, 0.1) is 39.2 Å². The molecule has 0 radical (unpaired) electrons. The summed E-state index contributed by atoms with van der Waals surface area (Å²) in [5, 5.41) is 22.4. The Morgan fingerprint density at radius 3 is 2.60 bits per heavy atom. The van der Waals surface area contributed by atoms with Gasteiger partial charge in [0.15, 0.2) is 0 Å². The number of hydrogen-bond acceptors (Lipinski definition) is 7. The summed E-state index contributed by atoms with van der Waals surface area (Å²) in [6.45, 7) is 5.81. The van der Waals surface area contributed by atoms with Gasteiger partial charge >= 0.3 is 6.18 Å². The number of nitrogens with two attached hydrogens (primary N) is 1. The zero-order chi connectivity index (χ0) is 29.9. The van der Waals surface area contributed by atoms with Crippen molar-refractivity contribution in [3.8, 4) is 0 Å². The zero-order valence-corrected chi connectivity index (χ0v) is 24.1. The second-order valence-electron chi connectivity index (χ2n) is 12.2. The molecule has 1 aromatic carbocycles. The Balaban J connectivity index is 1.06. The molecule has 0 aliphatic heterocycles. The Morgan fingerprint density at radius 2 is 1.88 bits per heavy atom. The van der Waals surface area contributed by atoms with E-state index in [1.165, 1.54) is 12.4 Å². The number of nitrogen functional groups attached to an aromatic ring is 1. The zero-order valence-electron chi connectivity index (χ0n) is 23.4. The average molecular weight is 606 g/mol. The maximum absolute atomic E-state index is 13.2. The van der Waals surface area contributed by atoms with Crippen molar-refractivity contribution < 1.29 is 23.4 Å². The molecule has 2 aliphatic rings. The fourth-order valence-corrected chi connectivity index (χ4v) is 7.07. The van der Waals surface area contributed by atoms with E-state index in [0.29, 0.717) is 59.5 Å². The maximum Gasteiger partial charge on any atom is 0.417 e. The van der Waals surface area contributed by atoms with Gasteiger partial charge in [-0.25, -0.2) is 15.0 Å². The van der Waals surface area contributed by atoms with Crippen LogP contribution in [0.15, 0.2) is 30.7 Å². The van der Waals surface area contributed by atoms with Crippen molar-refractivity contribution in [1.82, 2.24) is 29.4 Å². The molecular formula is C29H35ClF3N7O2. The summed E-state index contributed by atoms with van der Waals surface area (Å²) in [5.41, 5.74) is 6.54. The van der Waals surface area contributed by atoms with Crippen LogP contribution in [0.1, 0.15) is 50.5 Å². The molecule has 4 aromatic rings. The summed E-state index contributed by atoms with van der Waals surface area (Å²) in [5.74, 6) is 1.81. The van der Waals surface area contributed by atoms with E-state index in [4.69, 9.17) is 17.3 Å². The molecule has 226 valence electrons. The third-order valence-electron chi connectivity index (χ3n) is 9.10. The first-order valence-electron chi connectivity index (χ1n) is 14.3. The lowest BCUT2D eigenvalue weighted by molar-refractivity contribution is -0.137. The second-order valence-corrected chi connectivity index (χ2v) is 12.7. The number of halogens is 4. The first kappa shape index (κ1) is 29.2. The summed E-state index contributed by atoms with van der Waals surface area (Å²) in [7, 11) is 0. The molecule has 9 nitrogen and oxygen atoms in total. The van der Waals surface area contributed by atoms with E-state index in [0.717, 1.165) is 30.8 Å². The summed E-state index contributed by atoms with van der Waals surface area (Å²) < 4.78 is 41.6. The molecule has 2 aliphatic carbocycles. The number of H-pyrrole nitrogens is 1. The van der Waals surface area contributed by atoms with Crippen LogP contribution in [-0.2, 0) is 12.6 Å². The van der Waals surface area contributed by atoms with Crippen LogP contribution in [0.2, 0.25) is 5.02 Å². The minimum absolute atomic E-state index is 0.108. The first-order chi connectivity index (χ1) is 19.9. The number of aliphatic hydroxyl groups excluding tert-OH is 2. The molecule has 2 saturated carbocycles. The minimum atomic E-state index is -4.52. The van der Waals surface area contributed by atoms with Crippen LogP contribution in [0, 0.1) is 17.8 Å². The molecule has 2 fully saturated rings. The molecule has 3 heterocycles. The number of alkyl halides is 3. The summed E-state index contributed by atoms with van der Waals surface area (Å²) >= 11 is 5.86. The Bertz CT molecular complexity index is 1580. The van der Waals surface area contributed by atoms with Crippen molar-refractivity contribution in [3.05, 3.63) is 47.1 Å². The highest BCUT2D eigenvalue weighted by atomic mass is 35.5. The first-order valence-corrected chi connectivity index (χ1v) is 14.7. The van der Waals surface area contributed by atoms with E-state index in [1.54, 1.807) is 0 Å². The Kier molecular flexibility index (Phi) is 7.61. The summed E-state index contributed by atoms with van der Waals surface area (Å²) in [6.07, 6.45) is 0.207. The topological polar surface area (TPSA) is 129 Å². The monoisotopic (exact) mass is 605 g/mol. The number of anilines is 1. The van der Waals surface area contributed by atoms with Crippen LogP contribution >= 0.6 is 11.6 Å². The van der Waals surface area contributed by atoms with Gasteiger partial charge in [-0.15, -0.1) is 0 Å². The van der Waals surface area contributed by atoms with Gasteiger partial charge in [0.2, 0.25) is 0 Å². The lowest BCUT2D eigenvalue weighted by atomic mass is 9.72. The van der Waals surface area contributed by atoms with E-state index in [1.807, 2.05) is 16.8 Å². The number of rotatable bonds is 8. The number of fused-ring (bicyclic) bond motifs is 2. The molecular weight excluding hydrogens is 571 g/mol. The average Bonchev–Trinajstić information content (AvgIpc) is 3.57. The highest BCUT2D eigenvalue weighted by Gasteiger charge is 2.44. The molecule has 0 bridgehead atoms. The maximum atomic E-state index is 13.2. The fraction of sp³-hybridized carbons (Fsp3) is 0.552. The molecule has 42 heavy (non-hydrogen) atoms. The molecule has 0 saturated heterocycles. The predicted octanol–water partition coefficient (Wildman–Crippen LogP) is 4.82. The SMILES string of the molecule is CC(C)N(CC1CC(Cc2nc3cc(Cl)c(C(F)(F)F)cc3[nH]2)C1)C[C@H]1C[C@@H](n2ccc3c(N)ncnc32)[C@H](O)C1O. The molecule has 1 unspecified atom stereocenters. The van der Waals surface area contributed by atoms with Gasteiger partial charge in [-0.05, 0) is 63.1 Å². The predicted molar refractivity (Wildman–Crippen MR) is 154 cm³/mol. The normalized spacial score (nSPS) is 26.6. The minimum Gasteiger partial charge on any atom is -0.390 e. The van der Waals surface area contributed by atoms with E-state index in [-0.39, 0.29) is 23.0 Å². The van der Waals surface area contributed by atoms with E-state index < -0.39 is 23.9 Å². The number of aromatic amines is 1. The lowest BCUT2D eigenvalue weighted by Crippen LogP contribution is -2.44. The van der Waals surface area contributed by atoms with Gasteiger partial charge in [0.1, 0.15) is 29.7 Å². The molecule has 3 aromatic heterocycles. The van der Waals surface area contributed by atoms with E-state index >= 15 is 0 Å². The van der Waals surface area contributed by atoms with Gasteiger partial charge < -0.3 is 30.4 Å². The third-order valence-corrected chi connectivity index (χ3v) is 9.41. The van der Waals surface area contributed by atoms with Crippen LogP contribution in [0.5, 0.6) is 0 Å². The van der Waals surface area contributed by atoms with Crippen LogP contribution in [0.25, 0.3) is 22.1 Å². The number of benzene rings is 1. The Hall–Kier alpha value is -2.93. The smallest absolute Gasteiger partial charge is 0.390 e. The van der Waals surface area contributed by atoms with Crippen LogP contribution in [0.4, 0.5) is 19.0 Å². The van der Waals surface area contributed by atoms with Crippen LogP contribution in [-0.4, -0.2) is 71.0 Å². The van der Waals surface area contributed by atoms with Gasteiger partial charge in [-0.1, -0.05) is 11.6 Å². The number of hydrogen-bond donors (Lipinski definition) is 4. The molecule has 13 heteroatoms. The van der Waals surface area contributed by atoms with Crippen LogP contribution in [0.3, 0.4) is 0 Å². The van der Waals surface area contributed by atoms with Gasteiger partial charge in [0.25, 0.3) is 0 Å². The fourth-order valence-electron chi connectivity index (χ4n) is 6.80. The Labute approximate surface area is 245 Å². The molecule has 0 amide bonds. The number of nitrogens with one attached hydrogen (secondary N) is 1. The Morgan fingerprint density at radius 1 is 1.12 bits per heavy atom. The number of aliphatic hydroxyl groups is 2.